The molecule has 2 unspecified atom stereocenters. The molecule has 0 aliphatic carbocycles. The topological polar surface area (TPSA) is 61.7 Å². The molecule has 0 saturated carbocycles. The second kappa shape index (κ2) is 7.03. The lowest BCUT2D eigenvalue weighted by Gasteiger charge is -2.22. The van der Waals surface area contributed by atoms with E-state index in [1.165, 1.54) is 0 Å². The predicted molar refractivity (Wildman–Crippen MR) is 51.5 cm³/mol. The van der Waals surface area contributed by atoms with Crippen molar-refractivity contribution in [2.75, 3.05) is 6.54 Å². The van der Waals surface area contributed by atoms with Crippen molar-refractivity contribution >= 4 is 0 Å². The Kier molecular flexibility index (Phi) is 6.80. The van der Waals surface area contributed by atoms with Crippen molar-refractivity contribution in [1.82, 2.24) is 5.32 Å². The molecule has 0 spiro atoms. The van der Waals surface area contributed by atoms with Crippen LogP contribution in [-0.2, 0) is 4.89 Å². The van der Waals surface area contributed by atoms with E-state index in [4.69, 9.17) is 5.26 Å². The first-order chi connectivity index (χ1) is 6.11. The highest BCUT2D eigenvalue weighted by molar-refractivity contribution is 4.79. The van der Waals surface area contributed by atoms with Gasteiger partial charge in [0, 0.05) is 12.6 Å². The van der Waals surface area contributed by atoms with E-state index in [9.17, 15) is 5.11 Å². The fourth-order valence-electron chi connectivity index (χ4n) is 1.09. The molecule has 0 amide bonds. The third-order valence-electron chi connectivity index (χ3n) is 1.87. The molecule has 0 heterocycles. The van der Waals surface area contributed by atoms with Gasteiger partial charge in [0.25, 0.3) is 0 Å². The van der Waals surface area contributed by atoms with Crippen molar-refractivity contribution in [3.05, 3.63) is 12.7 Å². The fraction of sp³-hybridized carbons (Fsp3) is 0.778. The van der Waals surface area contributed by atoms with E-state index >= 15 is 0 Å². The largest absolute Gasteiger partial charge is 0.392 e. The summed E-state index contributed by atoms with van der Waals surface area (Å²) < 4.78 is 0. The lowest BCUT2D eigenvalue weighted by atomic mass is 10.1. The molecule has 0 aromatic heterocycles. The minimum Gasteiger partial charge on any atom is -0.392 e. The third kappa shape index (κ3) is 5.76. The highest BCUT2D eigenvalue weighted by Gasteiger charge is 2.17. The van der Waals surface area contributed by atoms with E-state index < -0.39 is 6.10 Å². The molecule has 13 heavy (non-hydrogen) atoms. The van der Waals surface area contributed by atoms with Crippen LogP contribution in [0.3, 0.4) is 0 Å². The van der Waals surface area contributed by atoms with Gasteiger partial charge < -0.3 is 10.4 Å². The van der Waals surface area contributed by atoms with Crippen molar-refractivity contribution in [3.63, 3.8) is 0 Å². The molecular weight excluding hydrogens is 170 g/mol. The predicted octanol–water partition coefficient (Wildman–Crippen LogP) is 0.780. The van der Waals surface area contributed by atoms with Crippen LogP contribution in [-0.4, -0.2) is 35.2 Å². The van der Waals surface area contributed by atoms with Crippen molar-refractivity contribution in [3.8, 4) is 0 Å². The number of rotatable bonds is 7. The molecular formula is C9H19NO3. The molecule has 3 atom stereocenters. The molecule has 0 rings (SSSR count). The SMILES string of the molecule is C=CCNC(CC(C)OO)[C@@H](C)O. The van der Waals surface area contributed by atoms with E-state index in [1.807, 2.05) is 0 Å². The lowest BCUT2D eigenvalue weighted by molar-refractivity contribution is -0.276. The Labute approximate surface area is 79.2 Å². The minimum atomic E-state index is -0.474. The van der Waals surface area contributed by atoms with Crippen LogP contribution in [0.25, 0.3) is 0 Å². The maximum atomic E-state index is 9.35. The van der Waals surface area contributed by atoms with Gasteiger partial charge in [-0.3, -0.25) is 5.26 Å². The summed E-state index contributed by atoms with van der Waals surface area (Å²) in [5.74, 6) is 0. The van der Waals surface area contributed by atoms with Crippen LogP contribution in [0.15, 0.2) is 12.7 Å². The fourth-order valence-corrected chi connectivity index (χ4v) is 1.09. The van der Waals surface area contributed by atoms with Gasteiger partial charge in [-0.2, -0.15) is 0 Å². The van der Waals surface area contributed by atoms with Crippen LogP contribution in [0.5, 0.6) is 0 Å². The maximum absolute atomic E-state index is 9.35. The summed E-state index contributed by atoms with van der Waals surface area (Å²) in [5.41, 5.74) is 0. The van der Waals surface area contributed by atoms with E-state index in [1.54, 1.807) is 19.9 Å². The minimum absolute atomic E-state index is 0.0832. The summed E-state index contributed by atoms with van der Waals surface area (Å²) >= 11 is 0. The van der Waals surface area contributed by atoms with Crippen molar-refractivity contribution < 1.29 is 15.3 Å². The van der Waals surface area contributed by atoms with Crippen molar-refractivity contribution in [2.24, 2.45) is 0 Å². The molecule has 78 valence electrons. The van der Waals surface area contributed by atoms with E-state index in [2.05, 4.69) is 16.8 Å². The number of nitrogens with one attached hydrogen (secondary N) is 1. The quantitative estimate of drug-likeness (QED) is 0.314. The smallest absolute Gasteiger partial charge is 0.0915 e. The van der Waals surface area contributed by atoms with Crippen molar-refractivity contribution in [2.45, 2.75) is 38.5 Å². The summed E-state index contributed by atoms with van der Waals surface area (Å²) in [6.45, 7) is 7.64. The summed E-state index contributed by atoms with van der Waals surface area (Å²) in [7, 11) is 0. The van der Waals surface area contributed by atoms with Crippen LogP contribution < -0.4 is 5.32 Å². The van der Waals surface area contributed by atoms with Gasteiger partial charge in [0.2, 0.25) is 0 Å². The van der Waals surface area contributed by atoms with Gasteiger partial charge >= 0.3 is 0 Å². The lowest BCUT2D eigenvalue weighted by Crippen LogP contribution is -2.40. The monoisotopic (exact) mass is 189 g/mol. The first-order valence-electron chi connectivity index (χ1n) is 4.44. The molecule has 0 bridgehead atoms. The second-order valence-electron chi connectivity index (χ2n) is 3.20. The standard InChI is InChI=1S/C9H19NO3/c1-4-5-10-9(8(3)11)6-7(2)13-12/h4,7-12H,1,5-6H2,2-3H3/t7?,8-,9?/m1/s1. The number of hydrogen-bond acceptors (Lipinski definition) is 4. The van der Waals surface area contributed by atoms with Crippen LogP contribution in [0.4, 0.5) is 0 Å². The number of hydrogen-bond donors (Lipinski definition) is 3. The Morgan fingerprint density at radius 2 is 2.15 bits per heavy atom. The molecule has 0 aromatic rings. The van der Waals surface area contributed by atoms with Gasteiger partial charge in [-0.25, -0.2) is 4.89 Å². The van der Waals surface area contributed by atoms with Crippen LogP contribution >= 0.6 is 0 Å². The average molecular weight is 189 g/mol. The van der Waals surface area contributed by atoms with Gasteiger partial charge in [-0.15, -0.1) is 6.58 Å². The Morgan fingerprint density at radius 1 is 1.54 bits per heavy atom. The van der Waals surface area contributed by atoms with Gasteiger partial charge in [0.1, 0.15) is 0 Å². The molecule has 0 aliphatic rings. The molecule has 0 saturated heterocycles. The summed E-state index contributed by atoms with van der Waals surface area (Å²) in [6.07, 6.45) is 1.52. The van der Waals surface area contributed by atoms with E-state index in [0.29, 0.717) is 13.0 Å². The molecule has 4 heteroatoms. The Hall–Kier alpha value is -0.420. The van der Waals surface area contributed by atoms with E-state index in [-0.39, 0.29) is 12.1 Å². The van der Waals surface area contributed by atoms with Gasteiger partial charge in [-0.1, -0.05) is 6.08 Å². The first kappa shape index (κ1) is 12.6. The second-order valence-corrected chi connectivity index (χ2v) is 3.20. The molecule has 0 aliphatic heterocycles. The van der Waals surface area contributed by atoms with Crippen LogP contribution in [0, 0.1) is 0 Å². The van der Waals surface area contributed by atoms with Crippen molar-refractivity contribution in [1.29, 1.82) is 0 Å². The summed E-state index contributed by atoms with van der Waals surface area (Å²) in [6, 6.07) is -0.0832. The van der Waals surface area contributed by atoms with Crippen LogP contribution in [0.1, 0.15) is 20.3 Å². The molecule has 4 nitrogen and oxygen atoms in total. The Balaban J connectivity index is 3.86. The molecule has 0 fully saturated rings. The van der Waals surface area contributed by atoms with E-state index in [0.717, 1.165) is 0 Å². The maximum Gasteiger partial charge on any atom is 0.0915 e. The Morgan fingerprint density at radius 3 is 2.54 bits per heavy atom. The van der Waals surface area contributed by atoms with Gasteiger partial charge in [0.05, 0.1) is 12.2 Å². The average Bonchev–Trinajstić information content (AvgIpc) is 2.11. The summed E-state index contributed by atoms with van der Waals surface area (Å²) in [5, 5.41) is 20.8. The number of aliphatic hydroxyl groups excluding tert-OH is 1. The summed E-state index contributed by atoms with van der Waals surface area (Å²) in [4.78, 5) is 4.13. The van der Waals surface area contributed by atoms with Crippen LogP contribution in [0.2, 0.25) is 0 Å². The first-order valence-corrected chi connectivity index (χ1v) is 4.44. The van der Waals surface area contributed by atoms with Gasteiger partial charge in [0.15, 0.2) is 0 Å². The molecule has 0 radical (unpaired) electrons. The normalized spacial score (nSPS) is 17.8. The zero-order chi connectivity index (χ0) is 10.3. The van der Waals surface area contributed by atoms with Gasteiger partial charge in [-0.05, 0) is 20.3 Å². The third-order valence-corrected chi connectivity index (χ3v) is 1.87. The molecule has 3 N–H and O–H groups in total. The number of aliphatic hydroxyl groups is 1. The zero-order valence-corrected chi connectivity index (χ0v) is 8.23. The molecule has 0 aromatic carbocycles. The Bertz CT molecular complexity index is 139. The zero-order valence-electron chi connectivity index (χ0n) is 8.23. The highest BCUT2D eigenvalue weighted by Crippen LogP contribution is 2.05. The highest BCUT2D eigenvalue weighted by atomic mass is 17.1.